The van der Waals surface area contributed by atoms with Crippen LogP contribution < -0.4 is 21.7 Å². The number of phenols is 1. The first kappa shape index (κ1) is 31.1. The number of aliphatic carboxylic acids is 1. The number of fused-ring (bicyclic) bond motifs is 1. The predicted molar refractivity (Wildman–Crippen MR) is 161 cm³/mol. The van der Waals surface area contributed by atoms with E-state index in [9.17, 15) is 29.4 Å². The van der Waals surface area contributed by atoms with Crippen LogP contribution in [-0.2, 0) is 38.4 Å². The fourth-order valence-corrected chi connectivity index (χ4v) is 4.79. The second-order valence-corrected chi connectivity index (χ2v) is 10.4. The van der Waals surface area contributed by atoms with Crippen molar-refractivity contribution in [3.63, 3.8) is 0 Å². The number of nitrogens with zero attached hydrogens (tertiary/aromatic N) is 1. The average Bonchev–Trinajstić information content (AvgIpc) is 3.66. The number of hydrogen-bond acceptors (Lipinski definition) is 8. The van der Waals surface area contributed by atoms with Gasteiger partial charge in [0.25, 0.3) is 0 Å². The SMILES string of the molecule is NC(Cc1cnc[nH]1)C(=O)NC(Cc1c[nH]c2ccccc12)C(=O)NC(Cc1ccc(O)cc1)C(=O)NC(CS)C(=O)O. The second-order valence-electron chi connectivity index (χ2n) is 10.0. The molecule has 0 fully saturated rings. The standard InChI is InChI=1S/C29H33N7O6S/c30-21(11-18-13-31-15-33-18)26(38)34-24(10-17-12-32-22-4-2-1-3-20(17)22)28(40)35-23(9-16-5-7-19(37)8-6-16)27(39)36-25(14-43)29(41)42/h1-8,12-13,15,21,23-25,32,37,43H,9-11,14,30H2,(H,31,33)(H,34,38)(H,35,40)(H,36,39)(H,41,42). The smallest absolute Gasteiger partial charge is 0.327 e. The largest absolute Gasteiger partial charge is 0.508 e. The Kier molecular flexibility index (Phi) is 10.4. The highest BCUT2D eigenvalue weighted by Crippen LogP contribution is 2.20. The molecule has 0 aliphatic carbocycles. The molecule has 14 heteroatoms. The monoisotopic (exact) mass is 607 g/mol. The zero-order chi connectivity index (χ0) is 30.9. The van der Waals surface area contributed by atoms with E-state index in [4.69, 9.17) is 5.73 Å². The normalized spacial score (nSPS) is 13.9. The Labute approximate surface area is 252 Å². The number of amides is 3. The zero-order valence-electron chi connectivity index (χ0n) is 23.0. The van der Waals surface area contributed by atoms with Crippen LogP contribution in [0.3, 0.4) is 0 Å². The van der Waals surface area contributed by atoms with Crippen molar-refractivity contribution < 1.29 is 29.4 Å². The number of phenolic OH excluding ortho intramolecular Hbond substituents is 1. The van der Waals surface area contributed by atoms with Gasteiger partial charge in [-0.25, -0.2) is 9.78 Å². The van der Waals surface area contributed by atoms with Crippen LogP contribution in [0.5, 0.6) is 5.75 Å². The summed E-state index contributed by atoms with van der Waals surface area (Å²) < 4.78 is 0. The number of carboxylic acid groups (broad SMARTS) is 1. The van der Waals surface area contributed by atoms with Gasteiger partial charge in [0.15, 0.2) is 0 Å². The van der Waals surface area contributed by atoms with Gasteiger partial charge in [0.2, 0.25) is 17.7 Å². The van der Waals surface area contributed by atoms with Gasteiger partial charge in [-0.3, -0.25) is 14.4 Å². The Morgan fingerprint density at radius 3 is 2.16 bits per heavy atom. The van der Waals surface area contributed by atoms with Gasteiger partial charge in [0, 0.05) is 54.0 Å². The Morgan fingerprint density at radius 2 is 1.51 bits per heavy atom. The maximum absolute atomic E-state index is 13.8. The van der Waals surface area contributed by atoms with Crippen LogP contribution in [0.1, 0.15) is 16.8 Å². The number of carbonyl (C=O) groups excluding carboxylic acids is 3. The molecule has 0 saturated carbocycles. The summed E-state index contributed by atoms with van der Waals surface area (Å²) in [6, 6.07) is 8.84. The lowest BCUT2D eigenvalue weighted by molar-refractivity contribution is -0.141. The summed E-state index contributed by atoms with van der Waals surface area (Å²) in [7, 11) is 0. The number of thiol groups is 1. The average molecular weight is 608 g/mol. The summed E-state index contributed by atoms with van der Waals surface area (Å²) >= 11 is 4.00. The van der Waals surface area contributed by atoms with Crippen molar-refractivity contribution in [2.24, 2.45) is 5.73 Å². The van der Waals surface area contributed by atoms with Gasteiger partial charge in [-0.05, 0) is 29.3 Å². The fraction of sp³-hybridized carbons (Fsp3) is 0.276. The number of carboxylic acids is 1. The van der Waals surface area contributed by atoms with Crippen molar-refractivity contribution in [3.8, 4) is 5.75 Å². The van der Waals surface area contributed by atoms with Crippen LogP contribution in [0, 0.1) is 0 Å². The van der Waals surface area contributed by atoms with Crippen molar-refractivity contribution in [3.05, 3.63) is 84.1 Å². The number of imidazole rings is 1. The highest BCUT2D eigenvalue weighted by molar-refractivity contribution is 7.80. The quantitative estimate of drug-likeness (QED) is 0.0914. The number of hydrogen-bond donors (Lipinski definition) is 9. The third-order valence-electron chi connectivity index (χ3n) is 6.87. The summed E-state index contributed by atoms with van der Waals surface area (Å²) in [5.41, 5.74) is 8.96. The van der Waals surface area contributed by atoms with Gasteiger partial charge < -0.3 is 41.9 Å². The van der Waals surface area contributed by atoms with Crippen LogP contribution in [-0.4, -0.2) is 78.8 Å². The molecule has 13 nitrogen and oxygen atoms in total. The first-order valence-corrected chi connectivity index (χ1v) is 14.1. The number of H-pyrrole nitrogens is 2. The number of nitrogens with two attached hydrogens (primary N) is 1. The molecule has 3 amide bonds. The topological polar surface area (TPSA) is 215 Å². The highest BCUT2D eigenvalue weighted by Gasteiger charge is 2.31. The van der Waals surface area contributed by atoms with E-state index in [1.165, 1.54) is 18.5 Å². The molecule has 226 valence electrons. The summed E-state index contributed by atoms with van der Waals surface area (Å²) in [5, 5.41) is 27.7. The molecule has 2 heterocycles. The molecule has 0 bridgehead atoms. The number of carbonyl (C=O) groups is 4. The fourth-order valence-electron chi connectivity index (χ4n) is 4.54. The molecule has 9 N–H and O–H groups in total. The third kappa shape index (κ3) is 8.36. The molecule has 4 aromatic rings. The molecule has 0 aliphatic heterocycles. The Hall–Kier alpha value is -4.82. The van der Waals surface area contributed by atoms with E-state index in [1.54, 1.807) is 24.5 Å². The van der Waals surface area contributed by atoms with Gasteiger partial charge in [-0.15, -0.1) is 0 Å². The van der Waals surface area contributed by atoms with Crippen LogP contribution >= 0.6 is 12.6 Å². The minimum atomic E-state index is -1.29. The van der Waals surface area contributed by atoms with Crippen molar-refractivity contribution in [2.75, 3.05) is 5.75 Å². The Morgan fingerprint density at radius 1 is 0.860 bits per heavy atom. The first-order chi connectivity index (χ1) is 20.6. The summed E-state index contributed by atoms with van der Waals surface area (Å²) in [6.45, 7) is 0. The van der Waals surface area contributed by atoms with Crippen LogP contribution in [0.2, 0.25) is 0 Å². The summed E-state index contributed by atoms with van der Waals surface area (Å²) in [6.07, 6.45) is 4.95. The molecule has 0 radical (unpaired) electrons. The van der Waals surface area contributed by atoms with E-state index in [-0.39, 0.29) is 30.8 Å². The van der Waals surface area contributed by atoms with Crippen molar-refractivity contribution >= 4 is 47.2 Å². The first-order valence-electron chi connectivity index (χ1n) is 13.4. The van der Waals surface area contributed by atoms with E-state index in [1.807, 2.05) is 24.3 Å². The van der Waals surface area contributed by atoms with E-state index >= 15 is 0 Å². The Balaban J connectivity index is 1.59. The summed E-state index contributed by atoms with van der Waals surface area (Å²) in [4.78, 5) is 61.7. The van der Waals surface area contributed by atoms with Gasteiger partial charge in [-0.2, -0.15) is 12.6 Å². The molecule has 4 unspecified atom stereocenters. The van der Waals surface area contributed by atoms with Crippen molar-refractivity contribution in [1.29, 1.82) is 0 Å². The number of rotatable bonds is 14. The molecule has 43 heavy (non-hydrogen) atoms. The van der Waals surface area contributed by atoms with E-state index < -0.39 is 47.9 Å². The molecule has 0 aliphatic rings. The zero-order valence-corrected chi connectivity index (χ0v) is 23.9. The van der Waals surface area contributed by atoms with Crippen LogP contribution in [0.4, 0.5) is 0 Å². The van der Waals surface area contributed by atoms with Gasteiger partial charge in [-0.1, -0.05) is 30.3 Å². The summed E-state index contributed by atoms with van der Waals surface area (Å²) in [5.74, 6) is -3.46. The van der Waals surface area contributed by atoms with E-state index in [0.717, 1.165) is 16.5 Å². The Bertz CT molecular complexity index is 1560. The maximum Gasteiger partial charge on any atom is 0.327 e. The predicted octanol–water partition coefficient (Wildman–Crippen LogP) is 0.421. The maximum atomic E-state index is 13.8. The molecular formula is C29H33N7O6S. The van der Waals surface area contributed by atoms with E-state index in [2.05, 4.69) is 43.5 Å². The molecule has 4 atom stereocenters. The number of nitrogens with one attached hydrogen (secondary N) is 5. The van der Waals surface area contributed by atoms with Crippen molar-refractivity contribution in [1.82, 2.24) is 30.9 Å². The minimum absolute atomic E-state index is 0.0165. The van der Waals surface area contributed by atoms with Gasteiger partial charge in [0.1, 0.15) is 23.9 Å². The lowest BCUT2D eigenvalue weighted by Gasteiger charge is -2.25. The number of aromatic amines is 2. The molecule has 0 spiro atoms. The van der Waals surface area contributed by atoms with Gasteiger partial charge in [0.05, 0.1) is 12.4 Å². The lowest BCUT2D eigenvalue weighted by Crippen LogP contribution is -2.58. The van der Waals surface area contributed by atoms with Crippen LogP contribution in [0.25, 0.3) is 10.9 Å². The second kappa shape index (κ2) is 14.4. The molecule has 2 aromatic heterocycles. The molecule has 2 aromatic carbocycles. The molecule has 4 rings (SSSR count). The lowest BCUT2D eigenvalue weighted by atomic mass is 10.0. The van der Waals surface area contributed by atoms with E-state index in [0.29, 0.717) is 11.3 Å². The highest BCUT2D eigenvalue weighted by atomic mass is 32.1. The number of aromatic nitrogens is 3. The minimum Gasteiger partial charge on any atom is -0.508 e. The van der Waals surface area contributed by atoms with Gasteiger partial charge >= 0.3 is 5.97 Å². The molecular weight excluding hydrogens is 574 g/mol. The van der Waals surface area contributed by atoms with Crippen LogP contribution in [0.15, 0.2) is 67.3 Å². The third-order valence-corrected chi connectivity index (χ3v) is 7.23. The van der Waals surface area contributed by atoms with Crippen molar-refractivity contribution in [2.45, 2.75) is 43.4 Å². The molecule has 0 saturated heterocycles. The number of benzene rings is 2. The number of para-hydroxylation sites is 1. The number of aromatic hydroxyl groups is 1.